The topological polar surface area (TPSA) is 33.6 Å². The molecule has 0 amide bonds. The molecule has 3 rings (SSSR count). The van der Waals surface area contributed by atoms with E-state index in [0.717, 1.165) is 21.6 Å². The smallest absolute Gasteiger partial charge is 0.178 e. The number of halogens is 1. The maximum absolute atomic E-state index is 6.27. The highest BCUT2D eigenvalue weighted by Crippen LogP contribution is 2.28. The minimum Gasteiger partial charge on any atom is -0.329 e. The lowest BCUT2D eigenvalue weighted by atomic mass is 10.1. The van der Waals surface area contributed by atoms with E-state index in [1.165, 1.54) is 0 Å². The summed E-state index contributed by atoms with van der Waals surface area (Å²) in [6.07, 6.45) is 3.54. The number of benzene rings is 1. The molecule has 96 valence electrons. The summed E-state index contributed by atoms with van der Waals surface area (Å²) < 4.78 is 2.74. The molecule has 0 spiro atoms. The number of hydrogen-bond donors (Lipinski definition) is 1. The summed E-state index contributed by atoms with van der Waals surface area (Å²) in [5.41, 5.74) is 3.02. The molecule has 0 saturated carbocycles. The molecule has 0 bridgehead atoms. The first kappa shape index (κ1) is 12.4. The van der Waals surface area contributed by atoms with Gasteiger partial charge in [-0.05, 0) is 36.8 Å². The van der Waals surface area contributed by atoms with Crippen LogP contribution < -0.4 is 0 Å². The Kier molecular flexibility index (Phi) is 3.12. The summed E-state index contributed by atoms with van der Waals surface area (Å²) in [4.78, 5) is 7.27. The van der Waals surface area contributed by atoms with E-state index in [9.17, 15) is 0 Å². The molecule has 1 unspecified atom stereocenters. The predicted molar refractivity (Wildman–Crippen MR) is 80.2 cm³/mol. The van der Waals surface area contributed by atoms with Crippen molar-refractivity contribution >= 4 is 34.9 Å². The van der Waals surface area contributed by atoms with Crippen LogP contribution in [0.4, 0.5) is 0 Å². The summed E-state index contributed by atoms with van der Waals surface area (Å²) in [7, 11) is 0. The van der Waals surface area contributed by atoms with Gasteiger partial charge in [-0.2, -0.15) is 0 Å². The summed E-state index contributed by atoms with van der Waals surface area (Å²) in [6, 6.07) is 9.85. The molecule has 0 aliphatic heterocycles. The van der Waals surface area contributed by atoms with E-state index >= 15 is 0 Å². The number of fused-ring (bicyclic) bond motifs is 1. The fourth-order valence-corrected chi connectivity index (χ4v) is 2.98. The van der Waals surface area contributed by atoms with Crippen LogP contribution in [-0.4, -0.2) is 14.5 Å². The van der Waals surface area contributed by atoms with Crippen molar-refractivity contribution in [3.05, 3.63) is 58.1 Å². The second-order valence-corrected chi connectivity index (χ2v) is 5.18. The van der Waals surface area contributed by atoms with Crippen LogP contribution in [0, 0.1) is 4.77 Å². The highest BCUT2D eigenvalue weighted by Gasteiger charge is 2.15. The fraction of sp³-hybridized carbons (Fsp3) is 0.143. The minimum absolute atomic E-state index is 0.0670. The van der Waals surface area contributed by atoms with Crippen molar-refractivity contribution in [2.45, 2.75) is 13.0 Å². The summed E-state index contributed by atoms with van der Waals surface area (Å²) in [5.74, 6) is 0. The van der Waals surface area contributed by atoms with Crippen LogP contribution in [-0.2, 0) is 0 Å². The van der Waals surface area contributed by atoms with Crippen LogP contribution in [0.3, 0.4) is 0 Å². The van der Waals surface area contributed by atoms with Gasteiger partial charge in [0.1, 0.15) is 0 Å². The normalized spacial score (nSPS) is 12.7. The maximum atomic E-state index is 6.27. The van der Waals surface area contributed by atoms with E-state index < -0.39 is 0 Å². The SMILES string of the molecule is CC(c1ccccc1Cl)n1c(=S)[nH]c2cnccc21. The second-order valence-electron chi connectivity index (χ2n) is 4.39. The van der Waals surface area contributed by atoms with Gasteiger partial charge in [0.05, 0.1) is 23.3 Å². The molecule has 0 aliphatic carbocycles. The van der Waals surface area contributed by atoms with Crippen LogP contribution in [0.15, 0.2) is 42.7 Å². The third kappa shape index (κ3) is 2.07. The first-order chi connectivity index (χ1) is 9.18. The number of pyridine rings is 1. The van der Waals surface area contributed by atoms with Crippen molar-refractivity contribution in [2.75, 3.05) is 0 Å². The van der Waals surface area contributed by atoms with Gasteiger partial charge < -0.3 is 9.55 Å². The molecule has 3 nitrogen and oxygen atoms in total. The van der Waals surface area contributed by atoms with Crippen molar-refractivity contribution in [1.82, 2.24) is 14.5 Å². The largest absolute Gasteiger partial charge is 0.329 e. The van der Waals surface area contributed by atoms with Gasteiger partial charge in [0.25, 0.3) is 0 Å². The number of aromatic amines is 1. The van der Waals surface area contributed by atoms with Crippen LogP contribution in [0.2, 0.25) is 5.02 Å². The van der Waals surface area contributed by atoms with Crippen molar-refractivity contribution in [2.24, 2.45) is 0 Å². The summed E-state index contributed by atoms with van der Waals surface area (Å²) >= 11 is 11.7. The zero-order valence-corrected chi connectivity index (χ0v) is 11.9. The average molecular weight is 290 g/mol. The van der Waals surface area contributed by atoms with Gasteiger partial charge in [-0.25, -0.2) is 0 Å². The van der Waals surface area contributed by atoms with Gasteiger partial charge in [-0.1, -0.05) is 29.8 Å². The number of aromatic nitrogens is 3. The Hall–Kier alpha value is -1.65. The van der Waals surface area contributed by atoms with Crippen molar-refractivity contribution in [3.63, 3.8) is 0 Å². The Bertz CT molecular complexity index is 790. The highest BCUT2D eigenvalue weighted by molar-refractivity contribution is 7.71. The molecule has 5 heteroatoms. The second kappa shape index (κ2) is 4.79. The van der Waals surface area contributed by atoms with Crippen molar-refractivity contribution in [3.8, 4) is 0 Å². The molecule has 0 fully saturated rings. The molecule has 1 atom stereocenters. The summed E-state index contributed by atoms with van der Waals surface area (Å²) in [6.45, 7) is 2.09. The minimum atomic E-state index is 0.0670. The highest BCUT2D eigenvalue weighted by atomic mass is 35.5. The summed E-state index contributed by atoms with van der Waals surface area (Å²) in [5, 5.41) is 0.750. The van der Waals surface area contributed by atoms with Crippen molar-refractivity contribution in [1.29, 1.82) is 0 Å². The van der Waals surface area contributed by atoms with E-state index in [-0.39, 0.29) is 6.04 Å². The molecule has 1 aromatic carbocycles. The number of H-pyrrole nitrogens is 1. The molecule has 2 aromatic heterocycles. The lowest BCUT2D eigenvalue weighted by molar-refractivity contribution is 0.649. The Morgan fingerprint density at radius 3 is 2.89 bits per heavy atom. The number of rotatable bonds is 2. The molecule has 0 aliphatic rings. The van der Waals surface area contributed by atoms with Gasteiger partial charge in [0.15, 0.2) is 4.77 Å². The van der Waals surface area contributed by atoms with Crippen LogP contribution >= 0.6 is 23.8 Å². The third-order valence-electron chi connectivity index (χ3n) is 3.26. The molecule has 19 heavy (non-hydrogen) atoms. The van der Waals surface area contributed by atoms with E-state index in [4.69, 9.17) is 23.8 Å². The fourth-order valence-electron chi connectivity index (χ4n) is 2.32. The Morgan fingerprint density at radius 2 is 2.11 bits per heavy atom. The Balaban J connectivity index is 2.22. The molecule has 1 N–H and O–H groups in total. The van der Waals surface area contributed by atoms with E-state index in [1.807, 2.05) is 30.3 Å². The zero-order chi connectivity index (χ0) is 13.4. The quantitative estimate of drug-likeness (QED) is 0.711. The third-order valence-corrected chi connectivity index (χ3v) is 3.90. The maximum Gasteiger partial charge on any atom is 0.178 e. The first-order valence-electron chi connectivity index (χ1n) is 5.97. The van der Waals surface area contributed by atoms with Crippen LogP contribution in [0.1, 0.15) is 18.5 Å². The average Bonchev–Trinajstić information content (AvgIpc) is 2.74. The molecule has 2 heterocycles. The Labute approximate surface area is 120 Å². The Morgan fingerprint density at radius 1 is 1.32 bits per heavy atom. The molecular weight excluding hydrogens is 278 g/mol. The number of nitrogens with zero attached hydrogens (tertiary/aromatic N) is 2. The molecule has 3 aromatic rings. The number of hydrogen-bond acceptors (Lipinski definition) is 2. The van der Waals surface area contributed by atoms with E-state index in [1.54, 1.807) is 12.4 Å². The van der Waals surface area contributed by atoms with Gasteiger partial charge in [0.2, 0.25) is 0 Å². The van der Waals surface area contributed by atoms with Crippen LogP contribution in [0.25, 0.3) is 11.0 Å². The van der Waals surface area contributed by atoms with Crippen LogP contribution in [0.5, 0.6) is 0 Å². The van der Waals surface area contributed by atoms with E-state index in [0.29, 0.717) is 4.77 Å². The van der Waals surface area contributed by atoms with Gasteiger partial charge in [0, 0.05) is 11.2 Å². The number of nitrogens with one attached hydrogen (secondary N) is 1. The van der Waals surface area contributed by atoms with E-state index in [2.05, 4.69) is 21.5 Å². The molecule has 0 radical (unpaired) electrons. The number of imidazole rings is 1. The standard InChI is InChI=1S/C14H12ClN3S/c1-9(10-4-2-3-5-11(10)15)18-13-6-7-16-8-12(13)17-14(18)19/h2-9H,1H3,(H,17,19). The van der Waals surface area contributed by atoms with Gasteiger partial charge in [-0.3, -0.25) is 4.98 Å². The predicted octanol–water partition coefficient (Wildman–Crippen LogP) is 4.36. The molecule has 0 saturated heterocycles. The lowest BCUT2D eigenvalue weighted by Gasteiger charge is -2.16. The van der Waals surface area contributed by atoms with Crippen molar-refractivity contribution < 1.29 is 0 Å². The lowest BCUT2D eigenvalue weighted by Crippen LogP contribution is -2.07. The first-order valence-corrected chi connectivity index (χ1v) is 6.76. The van der Waals surface area contributed by atoms with Gasteiger partial charge in [-0.15, -0.1) is 0 Å². The molecular formula is C14H12ClN3S. The van der Waals surface area contributed by atoms with Gasteiger partial charge >= 0.3 is 0 Å². The monoisotopic (exact) mass is 289 g/mol. The zero-order valence-electron chi connectivity index (χ0n) is 10.3.